The van der Waals surface area contributed by atoms with E-state index in [1.54, 1.807) is 31.4 Å². The van der Waals surface area contributed by atoms with Gasteiger partial charge in [0.2, 0.25) is 11.7 Å². The van der Waals surface area contributed by atoms with Crippen molar-refractivity contribution in [2.45, 2.75) is 19.9 Å². The molecule has 5 aromatic rings. The van der Waals surface area contributed by atoms with Crippen molar-refractivity contribution >= 4 is 17.4 Å². The lowest BCUT2D eigenvalue weighted by Crippen LogP contribution is -2.29. The van der Waals surface area contributed by atoms with E-state index in [4.69, 9.17) is 9.72 Å². The van der Waals surface area contributed by atoms with Gasteiger partial charge in [0.25, 0.3) is 5.56 Å². The summed E-state index contributed by atoms with van der Waals surface area (Å²) < 4.78 is 8.46. The summed E-state index contributed by atoms with van der Waals surface area (Å²) in [4.78, 5) is 31.2. The highest BCUT2D eigenvalue weighted by Crippen LogP contribution is 2.20. The van der Waals surface area contributed by atoms with E-state index in [0.29, 0.717) is 40.8 Å². The van der Waals surface area contributed by atoms with E-state index in [1.807, 2.05) is 72.2 Å². The second-order valence-corrected chi connectivity index (χ2v) is 8.41. The number of rotatable bonds is 7. The third-order valence-electron chi connectivity index (χ3n) is 6.03. The Kier molecular flexibility index (Phi) is 6.32. The van der Waals surface area contributed by atoms with Crippen molar-refractivity contribution in [1.29, 1.82) is 0 Å². The molecule has 2 aromatic heterocycles. The Hall–Kier alpha value is -4.72. The van der Waals surface area contributed by atoms with E-state index in [1.165, 1.54) is 4.52 Å². The van der Waals surface area contributed by atoms with Crippen LogP contribution < -0.4 is 15.6 Å². The molecule has 0 radical (unpaired) electrons. The second-order valence-electron chi connectivity index (χ2n) is 8.41. The topological polar surface area (TPSA) is 90.5 Å². The van der Waals surface area contributed by atoms with E-state index in [-0.39, 0.29) is 17.9 Å². The molecule has 0 fully saturated rings. The molecule has 0 aliphatic rings. The van der Waals surface area contributed by atoms with E-state index in [9.17, 15) is 9.59 Å². The Morgan fingerprint density at radius 3 is 2.42 bits per heavy atom. The fraction of sp³-hybridized carbons (Fsp3) is 0.143. The summed E-state index contributed by atoms with van der Waals surface area (Å²) in [7, 11) is 1.57. The summed E-state index contributed by atoms with van der Waals surface area (Å²) >= 11 is 0. The molecule has 36 heavy (non-hydrogen) atoms. The quantitative estimate of drug-likeness (QED) is 0.380. The van der Waals surface area contributed by atoms with Crippen LogP contribution in [0.15, 0.2) is 89.7 Å². The van der Waals surface area contributed by atoms with Gasteiger partial charge in [-0.3, -0.25) is 9.59 Å². The molecule has 1 N–H and O–H groups in total. The summed E-state index contributed by atoms with van der Waals surface area (Å²) in [6.45, 7) is 2.32. The summed E-state index contributed by atoms with van der Waals surface area (Å²) in [5.41, 5.74) is 3.12. The largest absolute Gasteiger partial charge is 0.497 e. The van der Waals surface area contributed by atoms with E-state index in [0.717, 1.165) is 11.1 Å². The molecule has 0 spiro atoms. The van der Waals surface area contributed by atoms with Crippen LogP contribution in [-0.2, 0) is 17.8 Å². The van der Waals surface area contributed by atoms with Crippen molar-refractivity contribution in [3.05, 3.63) is 112 Å². The monoisotopic (exact) mass is 479 g/mol. The molecule has 1 amide bonds. The molecular formula is C28H25N5O3. The minimum atomic E-state index is -0.359. The van der Waals surface area contributed by atoms with Crippen LogP contribution >= 0.6 is 0 Å². The molecular weight excluding hydrogens is 454 g/mol. The Labute approximate surface area is 207 Å². The second kappa shape index (κ2) is 9.87. The van der Waals surface area contributed by atoms with Crippen LogP contribution in [0.5, 0.6) is 5.75 Å². The molecule has 8 heteroatoms. The number of amides is 1. The van der Waals surface area contributed by atoms with Crippen LogP contribution in [0.3, 0.4) is 0 Å². The number of fused-ring (bicyclic) bond motifs is 1. The van der Waals surface area contributed by atoms with Gasteiger partial charge < -0.3 is 14.6 Å². The number of nitrogens with zero attached hydrogens (tertiary/aromatic N) is 4. The molecule has 3 aromatic carbocycles. The van der Waals surface area contributed by atoms with Crippen LogP contribution in [0.1, 0.15) is 16.8 Å². The fourth-order valence-corrected chi connectivity index (χ4v) is 4.15. The number of anilines is 1. The van der Waals surface area contributed by atoms with Gasteiger partial charge in [0, 0.05) is 28.6 Å². The zero-order valence-electron chi connectivity index (χ0n) is 20.0. The van der Waals surface area contributed by atoms with Gasteiger partial charge in [0.05, 0.1) is 20.1 Å². The third kappa shape index (κ3) is 4.61. The SMILES string of the molecule is COc1cccc(NC(=O)Cc2c(C)n(Cc3ccccc3)c3nc(-c4ccccc4)nn3c2=O)c1. The molecule has 0 bridgehead atoms. The smallest absolute Gasteiger partial charge is 0.279 e. The van der Waals surface area contributed by atoms with Gasteiger partial charge in [-0.2, -0.15) is 9.50 Å². The van der Waals surface area contributed by atoms with Gasteiger partial charge in [0.15, 0.2) is 5.82 Å². The number of aromatic nitrogens is 4. The first-order chi connectivity index (χ1) is 17.5. The van der Waals surface area contributed by atoms with Gasteiger partial charge >= 0.3 is 0 Å². The molecule has 0 aliphatic heterocycles. The third-order valence-corrected chi connectivity index (χ3v) is 6.03. The average molecular weight is 480 g/mol. The van der Waals surface area contributed by atoms with E-state index in [2.05, 4.69) is 10.4 Å². The number of carbonyl (C=O) groups is 1. The number of methoxy groups -OCH3 is 1. The molecule has 5 rings (SSSR count). The van der Waals surface area contributed by atoms with Crippen LogP contribution in [-0.4, -0.2) is 32.2 Å². The zero-order valence-corrected chi connectivity index (χ0v) is 20.0. The average Bonchev–Trinajstić information content (AvgIpc) is 3.36. The lowest BCUT2D eigenvalue weighted by atomic mass is 10.1. The number of ether oxygens (including phenoxy) is 1. The lowest BCUT2D eigenvalue weighted by molar-refractivity contribution is -0.115. The van der Waals surface area contributed by atoms with Gasteiger partial charge in [-0.1, -0.05) is 66.7 Å². The Morgan fingerprint density at radius 1 is 0.972 bits per heavy atom. The fourth-order valence-electron chi connectivity index (χ4n) is 4.15. The van der Waals surface area contributed by atoms with Crippen molar-refractivity contribution in [2.75, 3.05) is 12.4 Å². The number of nitrogens with one attached hydrogen (secondary N) is 1. The first-order valence-corrected chi connectivity index (χ1v) is 11.6. The minimum Gasteiger partial charge on any atom is -0.497 e. The lowest BCUT2D eigenvalue weighted by Gasteiger charge is -2.16. The highest BCUT2D eigenvalue weighted by molar-refractivity contribution is 5.92. The number of hydrogen-bond donors (Lipinski definition) is 1. The molecule has 0 aliphatic carbocycles. The molecule has 180 valence electrons. The molecule has 0 unspecified atom stereocenters. The Balaban J connectivity index is 1.58. The Morgan fingerprint density at radius 2 is 1.69 bits per heavy atom. The molecule has 2 heterocycles. The van der Waals surface area contributed by atoms with Crippen molar-refractivity contribution in [1.82, 2.24) is 19.2 Å². The van der Waals surface area contributed by atoms with Gasteiger partial charge in [-0.05, 0) is 24.6 Å². The maximum Gasteiger partial charge on any atom is 0.279 e. The maximum atomic E-state index is 13.5. The van der Waals surface area contributed by atoms with Gasteiger partial charge in [0.1, 0.15) is 5.75 Å². The van der Waals surface area contributed by atoms with Crippen molar-refractivity contribution in [2.24, 2.45) is 0 Å². The van der Waals surface area contributed by atoms with E-state index < -0.39 is 0 Å². The standard InChI is InChI=1S/C28H25N5O3/c1-19-24(17-25(34)29-22-14-9-15-23(16-22)36-2)27(35)33-28(32(19)18-20-10-5-3-6-11-20)30-26(31-33)21-12-7-4-8-13-21/h3-16H,17-18H2,1-2H3,(H,29,34). The molecule has 0 saturated carbocycles. The molecule has 0 atom stereocenters. The number of benzene rings is 3. The molecule has 8 nitrogen and oxygen atoms in total. The summed E-state index contributed by atoms with van der Waals surface area (Å²) in [5, 5.41) is 7.38. The van der Waals surface area contributed by atoms with Crippen LogP contribution in [0.25, 0.3) is 17.2 Å². The first kappa shape index (κ1) is 23.0. The Bertz CT molecular complexity index is 1590. The summed E-state index contributed by atoms with van der Waals surface area (Å²) in [5.74, 6) is 1.20. The van der Waals surface area contributed by atoms with Crippen molar-refractivity contribution < 1.29 is 9.53 Å². The first-order valence-electron chi connectivity index (χ1n) is 11.6. The van der Waals surface area contributed by atoms with Crippen molar-refractivity contribution in [3.8, 4) is 17.1 Å². The summed E-state index contributed by atoms with van der Waals surface area (Å²) in [6.07, 6.45) is -0.104. The predicted molar refractivity (Wildman–Crippen MR) is 138 cm³/mol. The number of carbonyl (C=O) groups excluding carboxylic acids is 1. The normalized spacial score (nSPS) is 10.9. The van der Waals surface area contributed by atoms with Crippen LogP contribution in [0.2, 0.25) is 0 Å². The van der Waals surface area contributed by atoms with Gasteiger partial charge in [-0.15, -0.1) is 5.10 Å². The van der Waals surface area contributed by atoms with Crippen LogP contribution in [0, 0.1) is 6.92 Å². The predicted octanol–water partition coefficient (Wildman–Crippen LogP) is 4.10. The zero-order chi connectivity index (χ0) is 25.1. The summed E-state index contributed by atoms with van der Waals surface area (Å²) in [6, 6.07) is 26.5. The number of hydrogen-bond acceptors (Lipinski definition) is 5. The van der Waals surface area contributed by atoms with E-state index >= 15 is 0 Å². The van der Waals surface area contributed by atoms with Crippen molar-refractivity contribution in [3.63, 3.8) is 0 Å². The highest BCUT2D eigenvalue weighted by atomic mass is 16.5. The minimum absolute atomic E-state index is 0.104. The maximum absolute atomic E-state index is 13.5. The van der Waals surface area contributed by atoms with Crippen LogP contribution in [0.4, 0.5) is 5.69 Å². The molecule has 0 saturated heterocycles. The highest BCUT2D eigenvalue weighted by Gasteiger charge is 2.21. The van der Waals surface area contributed by atoms with Gasteiger partial charge in [-0.25, -0.2) is 0 Å².